The first-order valence-corrected chi connectivity index (χ1v) is 8.65. The summed E-state index contributed by atoms with van der Waals surface area (Å²) in [6.07, 6.45) is 5.05. The number of carbonyl (C=O) groups excluding carboxylic acids is 3. The third-order valence-corrected chi connectivity index (χ3v) is 4.75. The molecule has 3 atom stereocenters. The minimum atomic E-state index is -1.16. The lowest BCUT2D eigenvalue weighted by Gasteiger charge is -2.29. The van der Waals surface area contributed by atoms with E-state index >= 15 is 0 Å². The molecule has 2 aliphatic rings. The molecule has 1 heterocycles. The van der Waals surface area contributed by atoms with E-state index in [2.05, 4.69) is 10.3 Å². The summed E-state index contributed by atoms with van der Waals surface area (Å²) < 4.78 is 13.0. The van der Waals surface area contributed by atoms with Gasteiger partial charge in [0, 0.05) is 12.3 Å². The number of benzene rings is 1. The van der Waals surface area contributed by atoms with Crippen LogP contribution in [0.3, 0.4) is 0 Å². The smallest absolute Gasteiger partial charge is 0.326 e. The summed E-state index contributed by atoms with van der Waals surface area (Å²) in [7, 11) is 0. The Balaban J connectivity index is 1.73. The molecule has 1 saturated carbocycles. The summed E-state index contributed by atoms with van der Waals surface area (Å²) in [6.45, 7) is -0.0501. The zero-order valence-corrected chi connectivity index (χ0v) is 14.2. The Morgan fingerprint density at radius 3 is 2.58 bits per heavy atom. The Labute approximate surface area is 150 Å². The number of aliphatic imine (C=N–C) groups is 1. The number of rotatable bonds is 4. The topological polar surface area (TPSA) is 105 Å². The Morgan fingerprint density at radius 2 is 1.88 bits per heavy atom. The normalized spacial score (nSPS) is 27.1. The summed E-state index contributed by atoms with van der Waals surface area (Å²) in [5.74, 6) is -2.91. The molecule has 0 radical (unpaired) electrons. The number of amides is 4. The molecular weight excluding hydrogens is 339 g/mol. The van der Waals surface area contributed by atoms with Gasteiger partial charge in [0.2, 0.25) is 11.8 Å². The number of imide groups is 2. The van der Waals surface area contributed by atoms with Crippen molar-refractivity contribution in [1.82, 2.24) is 10.2 Å². The highest BCUT2D eigenvalue weighted by Gasteiger charge is 2.39. The second-order valence-electron chi connectivity index (χ2n) is 6.64. The summed E-state index contributed by atoms with van der Waals surface area (Å²) in [4.78, 5) is 42.0. The van der Waals surface area contributed by atoms with Crippen molar-refractivity contribution >= 4 is 24.1 Å². The molecule has 0 bridgehead atoms. The van der Waals surface area contributed by atoms with Gasteiger partial charge in [0.1, 0.15) is 5.82 Å². The predicted molar refractivity (Wildman–Crippen MR) is 92.7 cm³/mol. The molecule has 1 saturated heterocycles. The van der Waals surface area contributed by atoms with E-state index in [1.54, 1.807) is 0 Å². The lowest BCUT2D eigenvalue weighted by Crippen LogP contribution is -2.58. The monoisotopic (exact) mass is 360 g/mol. The minimum Gasteiger partial charge on any atom is -0.326 e. The lowest BCUT2D eigenvalue weighted by molar-refractivity contribution is -0.139. The largest absolute Gasteiger partial charge is 0.331 e. The lowest BCUT2D eigenvalue weighted by atomic mass is 9.91. The van der Waals surface area contributed by atoms with Gasteiger partial charge < -0.3 is 5.73 Å². The Hall–Kier alpha value is -2.61. The van der Waals surface area contributed by atoms with Crippen LogP contribution in [0.2, 0.25) is 0 Å². The van der Waals surface area contributed by atoms with E-state index in [9.17, 15) is 18.8 Å². The van der Waals surface area contributed by atoms with E-state index in [1.165, 1.54) is 30.5 Å². The minimum absolute atomic E-state index is 0.0501. The highest BCUT2D eigenvalue weighted by molar-refractivity contribution is 6.23. The Morgan fingerprint density at radius 1 is 1.19 bits per heavy atom. The second-order valence-corrected chi connectivity index (χ2v) is 6.64. The fourth-order valence-electron chi connectivity index (χ4n) is 3.21. The van der Waals surface area contributed by atoms with Gasteiger partial charge in [-0.1, -0.05) is 25.0 Å². The number of nitrogens with one attached hydrogen (secondary N) is 1. The molecule has 1 aliphatic heterocycles. The number of nitrogens with two attached hydrogens (primary N) is 1. The molecule has 26 heavy (non-hydrogen) atoms. The van der Waals surface area contributed by atoms with E-state index in [0.717, 1.165) is 30.6 Å². The van der Waals surface area contributed by atoms with Crippen LogP contribution in [-0.2, 0) is 16.1 Å². The molecule has 7 nitrogen and oxygen atoms in total. The number of carbonyl (C=O) groups is 3. The standard InChI is InChI=1S/C18H21FN4O3/c19-12-7-5-11(6-8-12)10-23-17(25)13(16(24)22-18(23)26)9-21-15-4-2-1-3-14(15)20/h5-9,13-15H,1-4,10,20H2,(H,22,24,26)/t13-,14+,15-/m1/s1. The summed E-state index contributed by atoms with van der Waals surface area (Å²) in [5, 5.41) is 2.17. The Bertz CT molecular complexity index is 734. The van der Waals surface area contributed by atoms with Crippen molar-refractivity contribution < 1.29 is 18.8 Å². The van der Waals surface area contributed by atoms with Gasteiger partial charge in [-0.25, -0.2) is 9.18 Å². The van der Waals surface area contributed by atoms with Crippen molar-refractivity contribution in [1.29, 1.82) is 0 Å². The van der Waals surface area contributed by atoms with Crippen LogP contribution in [0.15, 0.2) is 29.3 Å². The molecule has 8 heteroatoms. The molecule has 3 N–H and O–H groups in total. The average molecular weight is 360 g/mol. The van der Waals surface area contributed by atoms with E-state index in [1.807, 2.05) is 0 Å². The van der Waals surface area contributed by atoms with Crippen molar-refractivity contribution in [3.05, 3.63) is 35.6 Å². The van der Waals surface area contributed by atoms with Crippen LogP contribution in [-0.4, -0.2) is 41.0 Å². The molecule has 3 rings (SSSR count). The summed E-state index contributed by atoms with van der Waals surface area (Å²) in [5.41, 5.74) is 6.61. The van der Waals surface area contributed by atoms with E-state index in [0.29, 0.717) is 5.56 Å². The molecule has 1 aromatic carbocycles. The quantitative estimate of drug-likeness (QED) is 0.625. The molecule has 138 valence electrons. The van der Waals surface area contributed by atoms with Gasteiger partial charge in [0.15, 0.2) is 5.92 Å². The van der Waals surface area contributed by atoms with Crippen molar-refractivity contribution in [2.24, 2.45) is 16.6 Å². The third-order valence-electron chi connectivity index (χ3n) is 4.75. The first-order valence-electron chi connectivity index (χ1n) is 8.65. The van der Waals surface area contributed by atoms with Crippen LogP contribution in [0, 0.1) is 11.7 Å². The first-order chi connectivity index (χ1) is 12.5. The van der Waals surface area contributed by atoms with Crippen LogP contribution in [0.5, 0.6) is 0 Å². The zero-order valence-electron chi connectivity index (χ0n) is 14.2. The second kappa shape index (κ2) is 7.74. The molecule has 0 aromatic heterocycles. The predicted octanol–water partition coefficient (Wildman–Crippen LogP) is 1.36. The molecule has 0 spiro atoms. The van der Waals surface area contributed by atoms with Gasteiger partial charge >= 0.3 is 6.03 Å². The van der Waals surface area contributed by atoms with Crippen LogP contribution in [0.1, 0.15) is 31.2 Å². The fraction of sp³-hybridized carbons (Fsp3) is 0.444. The number of barbiturate groups is 1. The van der Waals surface area contributed by atoms with Crippen molar-refractivity contribution in [3.8, 4) is 0 Å². The van der Waals surface area contributed by atoms with Crippen LogP contribution < -0.4 is 11.1 Å². The number of halogens is 1. The average Bonchev–Trinajstić information content (AvgIpc) is 2.61. The molecular formula is C18H21FN4O3. The third kappa shape index (κ3) is 3.96. The van der Waals surface area contributed by atoms with Gasteiger partial charge in [-0.3, -0.25) is 24.8 Å². The first kappa shape index (κ1) is 18.2. The van der Waals surface area contributed by atoms with E-state index < -0.39 is 29.6 Å². The zero-order chi connectivity index (χ0) is 18.7. The van der Waals surface area contributed by atoms with Gasteiger partial charge in [0.05, 0.1) is 12.6 Å². The van der Waals surface area contributed by atoms with Crippen LogP contribution in [0.25, 0.3) is 0 Å². The summed E-state index contributed by atoms with van der Waals surface area (Å²) >= 11 is 0. The van der Waals surface area contributed by atoms with Crippen LogP contribution in [0.4, 0.5) is 9.18 Å². The van der Waals surface area contributed by atoms with Gasteiger partial charge in [-0.2, -0.15) is 0 Å². The maximum Gasteiger partial charge on any atom is 0.331 e. The molecule has 2 fully saturated rings. The SMILES string of the molecule is N[C@H]1CCCC[C@H]1N=C[C@@H]1C(=O)NC(=O)N(Cc2ccc(F)cc2)C1=O. The maximum absolute atomic E-state index is 13.0. The van der Waals surface area contributed by atoms with Gasteiger partial charge in [-0.15, -0.1) is 0 Å². The molecule has 1 aliphatic carbocycles. The number of hydrogen-bond donors (Lipinski definition) is 2. The summed E-state index contributed by atoms with van der Waals surface area (Å²) in [6, 6.07) is 4.47. The van der Waals surface area contributed by atoms with Gasteiger partial charge in [0.25, 0.3) is 0 Å². The van der Waals surface area contributed by atoms with Crippen molar-refractivity contribution in [3.63, 3.8) is 0 Å². The van der Waals surface area contributed by atoms with E-state index in [4.69, 9.17) is 5.73 Å². The number of nitrogens with zero attached hydrogens (tertiary/aromatic N) is 2. The highest BCUT2D eigenvalue weighted by Crippen LogP contribution is 2.20. The van der Waals surface area contributed by atoms with Crippen LogP contribution >= 0.6 is 0 Å². The van der Waals surface area contributed by atoms with Crippen molar-refractivity contribution in [2.45, 2.75) is 44.3 Å². The van der Waals surface area contributed by atoms with Crippen molar-refractivity contribution in [2.75, 3.05) is 0 Å². The molecule has 1 aromatic rings. The highest BCUT2D eigenvalue weighted by atomic mass is 19.1. The van der Waals surface area contributed by atoms with Gasteiger partial charge in [-0.05, 0) is 30.5 Å². The Kier molecular flexibility index (Phi) is 5.41. The maximum atomic E-state index is 13.0. The fourth-order valence-corrected chi connectivity index (χ4v) is 3.21. The molecule has 0 unspecified atom stereocenters. The van der Waals surface area contributed by atoms with E-state index in [-0.39, 0.29) is 18.6 Å². The number of urea groups is 1. The molecule has 4 amide bonds. The number of hydrogen-bond acceptors (Lipinski definition) is 5.